The van der Waals surface area contributed by atoms with Gasteiger partial charge in [-0.05, 0) is 153 Å². The van der Waals surface area contributed by atoms with E-state index in [-0.39, 0.29) is 16.2 Å². The van der Waals surface area contributed by atoms with Gasteiger partial charge in [-0.15, -0.1) is 0 Å². The summed E-state index contributed by atoms with van der Waals surface area (Å²) in [6, 6.07) is 58.2. The Labute approximate surface area is 348 Å². The van der Waals surface area contributed by atoms with Gasteiger partial charge >= 0.3 is 0 Å². The van der Waals surface area contributed by atoms with Crippen LogP contribution in [0.1, 0.15) is 93.3 Å². The molecule has 0 amide bonds. The van der Waals surface area contributed by atoms with Crippen molar-refractivity contribution in [1.29, 1.82) is 0 Å². The van der Waals surface area contributed by atoms with Crippen molar-refractivity contribution in [2.24, 2.45) is 0 Å². The number of benzene rings is 8. The zero-order valence-electron chi connectivity index (χ0n) is 34.9. The molecule has 0 spiro atoms. The molecule has 0 atom stereocenters. The Morgan fingerprint density at radius 3 is 1.44 bits per heavy atom. The predicted octanol–water partition coefficient (Wildman–Crippen LogP) is 15.9. The van der Waals surface area contributed by atoms with Gasteiger partial charge < -0.3 is 0 Å². The van der Waals surface area contributed by atoms with Gasteiger partial charge in [-0.3, -0.25) is 0 Å². The highest BCUT2D eigenvalue weighted by molar-refractivity contribution is 6.20. The maximum absolute atomic E-state index is 2.59. The lowest BCUT2D eigenvalue weighted by Gasteiger charge is -2.27. The highest BCUT2D eigenvalue weighted by Crippen LogP contribution is 2.55. The molecule has 0 aromatic heterocycles. The number of rotatable bonds is 3. The number of hydrogen-bond acceptors (Lipinski definition) is 0. The summed E-state index contributed by atoms with van der Waals surface area (Å²) >= 11 is 0. The minimum Gasteiger partial charge on any atom is -0.0619 e. The van der Waals surface area contributed by atoms with Gasteiger partial charge in [0.2, 0.25) is 0 Å². The molecule has 0 heterocycles. The molecule has 0 unspecified atom stereocenters. The molecule has 0 saturated carbocycles. The summed E-state index contributed by atoms with van der Waals surface area (Å²) in [6.45, 7) is 14.4. The summed E-state index contributed by atoms with van der Waals surface area (Å²) < 4.78 is 0. The summed E-state index contributed by atoms with van der Waals surface area (Å²) in [4.78, 5) is 0. The largest absolute Gasteiger partial charge is 0.0619 e. The SMILES string of the molecule is CC1(C)C2=C(CCC(c3c4ccccc4c(-c4ccc5c(c4)C(C)(C)c4ccccc4-5)c4ccc(-c5ccc6c(c5)C(C)(C)c5ccccc5-6)cc34)=C2)c2ccccc21. The quantitative estimate of drug-likeness (QED) is 0.158. The third-order valence-electron chi connectivity index (χ3n) is 15.0. The van der Waals surface area contributed by atoms with Crippen LogP contribution in [0.3, 0.4) is 0 Å². The Balaban J connectivity index is 1.12. The van der Waals surface area contributed by atoms with Crippen molar-refractivity contribution in [1.82, 2.24) is 0 Å². The lowest BCUT2D eigenvalue weighted by Crippen LogP contribution is -2.17. The minimum atomic E-state index is -0.0777. The molecule has 0 N–H and O–H groups in total. The van der Waals surface area contributed by atoms with Gasteiger partial charge in [0.05, 0.1) is 0 Å². The first-order valence-electron chi connectivity index (χ1n) is 21.6. The molecule has 0 nitrogen and oxygen atoms in total. The van der Waals surface area contributed by atoms with E-state index in [4.69, 9.17) is 0 Å². The number of allylic oxidation sites excluding steroid dienone is 4. The predicted molar refractivity (Wildman–Crippen MR) is 251 cm³/mol. The average Bonchev–Trinajstić information content (AvgIpc) is 3.74. The van der Waals surface area contributed by atoms with E-state index in [0.717, 1.165) is 12.8 Å². The smallest absolute Gasteiger partial charge is 0.0159 e. The molecule has 4 aliphatic rings. The fourth-order valence-electron chi connectivity index (χ4n) is 12.0. The van der Waals surface area contributed by atoms with Gasteiger partial charge in [0.25, 0.3) is 0 Å². The lowest BCUT2D eigenvalue weighted by molar-refractivity contribution is 0.652. The van der Waals surface area contributed by atoms with Gasteiger partial charge in [-0.1, -0.05) is 181 Å². The third kappa shape index (κ3) is 4.66. The van der Waals surface area contributed by atoms with Crippen molar-refractivity contribution in [2.45, 2.75) is 70.6 Å². The second-order valence-electron chi connectivity index (χ2n) is 19.2. The van der Waals surface area contributed by atoms with Gasteiger partial charge in [0, 0.05) is 16.2 Å². The van der Waals surface area contributed by atoms with E-state index in [9.17, 15) is 0 Å². The van der Waals surface area contributed by atoms with Crippen LogP contribution in [0.5, 0.6) is 0 Å². The average molecular weight is 757 g/mol. The molecule has 0 fully saturated rings. The zero-order chi connectivity index (χ0) is 40.0. The molecule has 12 rings (SSSR count). The van der Waals surface area contributed by atoms with Gasteiger partial charge in [-0.2, -0.15) is 0 Å². The van der Waals surface area contributed by atoms with Crippen LogP contribution in [0.15, 0.2) is 163 Å². The third-order valence-corrected chi connectivity index (χ3v) is 15.0. The second-order valence-corrected chi connectivity index (χ2v) is 19.2. The van der Waals surface area contributed by atoms with Crippen LogP contribution in [-0.4, -0.2) is 0 Å². The first-order valence-corrected chi connectivity index (χ1v) is 21.6. The first kappa shape index (κ1) is 34.8. The van der Waals surface area contributed by atoms with E-state index in [0.29, 0.717) is 0 Å². The minimum absolute atomic E-state index is 0.0438. The first-order chi connectivity index (χ1) is 28.5. The van der Waals surface area contributed by atoms with Crippen LogP contribution < -0.4 is 0 Å². The molecule has 8 aromatic carbocycles. The van der Waals surface area contributed by atoms with Crippen LogP contribution in [0.4, 0.5) is 0 Å². The standard InChI is InChI=1S/C59H48/c1-57(2)49-20-12-9-15-39(49)42-27-23-36(32-52(42)57)35-24-30-47-48(31-35)56(38-26-29-44-41-17-11-14-22-51(41)59(5,6)54(44)34-38)46-19-8-7-18-45(46)55(47)37-25-28-43-40-16-10-13-21-50(40)58(3,4)53(43)33-37/h7-25,27-28,30-34H,26,29H2,1-6H3. The maximum atomic E-state index is 2.59. The fourth-order valence-corrected chi connectivity index (χ4v) is 12.0. The van der Waals surface area contributed by atoms with Gasteiger partial charge in [0.15, 0.2) is 0 Å². The molecule has 8 aromatic rings. The Hall–Kier alpha value is -6.24. The van der Waals surface area contributed by atoms with Crippen molar-refractivity contribution in [3.8, 4) is 44.5 Å². The number of hydrogen-bond donors (Lipinski definition) is 0. The Morgan fingerprint density at radius 2 is 0.797 bits per heavy atom. The summed E-state index contributed by atoms with van der Waals surface area (Å²) in [7, 11) is 0. The van der Waals surface area contributed by atoms with Gasteiger partial charge in [-0.25, -0.2) is 0 Å². The number of fused-ring (bicyclic) bond motifs is 10. The molecule has 0 aliphatic heterocycles. The zero-order valence-corrected chi connectivity index (χ0v) is 34.9. The monoisotopic (exact) mass is 756 g/mol. The van der Waals surface area contributed by atoms with Crippen LogP contribution >= 0.6 is 0 Å². The Kier molecular flexibility index (Phi) is 7.03. The van der Waals surface area contributed by atoms with Crippen molar-refractivity contribution >= 4 is 32.7 Å². The van der Waals surface area contributed by atoms with E-state index >= 15 is 0 Å². The van der Waals surface area contributed by atoms with E-state index < -0.39 is 0 Å². The van der Waals surface area contributed by atoms with E-state index in [1.807, 2.05) is 0 Å². The molecule has 0 heteroatoms. The molecule has 59 heavy (non-hydrogen) atoms. The highest BCUT2D eigenvalue weighted by atomic mass is 14.4. The van der Waals surface area contributed by atoms with Crippen LogP contribution in [0, 0.1) is 0 Å². The van der Waals surface area contributed by atoms with Crippen molar-refractivity contribution in [3.05, 3.63) is 202 Å². The van der Waals surface area contributed by atoms with Crippen LogP contribution in [0.25, 0.3) is 77.2 Å². The molecular formula is C59H48. The second kappa shape index (κ2) is 11.9. The molecule has 0 bridgehead atoms. The topological polar surface area (TPSA) is 0 Å². The van der Waals surface area contributed by atoms with Crippen LogP contribution in [0.2, 0.25) is 0 Å². The summed E-state index contributed by atoms with van der Waals surface area (Å²) in [5.41, 5.74) is 24.9. The van der Waals surface area contributed by atoms with Crippen molar-refractivity contribution < 1.29 is 0 Å². The Morgan fingerprint density at radius 1 is 0.339 bits per heavy atom. The van der Waals surface area contributed by atoms with Gasteiger partial charge in [0.1, 0.15) is 0 Å². The normalized spacial score (nSPS) is 17.3. The summed E-state index contributed by atoms with van der Waals surface area (Å²) in [5, 5.41) is 5.32. The lowest BCUT2D eigenvalue weighted by atomic mass is 9.76. The molecule has 0 radical (unpaired) electrons. The highest BCUT2D eigenvalue weighted by Gasteiger charge is 2.39. The molecule has 0 saturated heterocycles. The van der Waals surface area contributed by atoms with E-state index in [1.165, 1.54) is 122 Å². The van der Waals surface area contributed by atoms with Crippen molar-refractivity contribution in [3.63, 3.8) is 0 Å². The molecule has 4 aliphatic carbocycles. The Bertz CT molecular complexity index is 3230. The van der Waals surface area contributed by atoms with E-state index in [1.54, 1.807) is 0 Å². The fraction of sp³-hybridized carbons (Fsp3) is 0.186. The summed E-state index contributed by atoms with van der Waals surface area (Å²) in [6.07, 6.45) is 4.67. The van der Waals surface area contributed by atoms with Crippen LogP contribution in [-0.2, 0) is 16.2 Å². The molecule has 284 valence electrons. The molecular weight excluding hydrogens is 709 g/mol. The van der Waals surface area contributed by atoms with Crippen molar-refractivity contribution in [2.75, 3.05) is 0 Å². The maximum Gasteiger partial charge on any atom is 0.0159 e. The van der Waals surface area contributed by atoms with E-state index in [2.05, 4.69) is 199 Å². The summed E-state index contributed by atoms with van der Waals surface area (Å²) in [5.74, 6) is 0.